The van der Waals surface area contributed by atoms with E-state index in [1.54, 1.807) is 0 Å². The average Bonchev–Trinajstić information content (AvgIpc) is 3.58. The van der Waals surface area contributed by atoms with Gasteiger partial charge in [0.05, 0.1) is 40.7 Å². The summed E-state index contributed by atoms with van der Waals surface area (Å²) in [6, 6.07) is 9.51. The number of rotatable bonds is 10. The van der Waals surface area contributed by atoms with Crippen molar-refractivity contribution in [3.63, 3.8) is 0 Å². The molecular weight excluding hydrogens is 747 g/mol. The highest BCUT2D eigenvalue weighted by atomic mass is 28.4. The van der Waals surface area contributed by atoms with Crippen LogP contribution in [0.15, 0.2) is 52.1 Å². The van der Waals surface area contributed by atoms with Gasteiger partial charge in [-0.1, -0.05) is 85.7 Å². The average molecular weight is 822 g/mol. The molecule has 1 aromatic carbocycles. The van der Waals surface area contributed by atoms with Crippen LogP contribution < -0.4 is 11.4 Å². The Morgan fingerprint density at radius 1 is 0.825 bits per heavy atom. The highest BCUT2D eigenvalue weighted by Crippen LogP contribution is 2.74. The molecule has 3 heterocycles. The van der Waals surface area contributed by atoms with Crippen molar-refractivity contribution in [3.8, 4) is 5.69 Å². The Bertz CT molecular complexity index is 2000. The van der Waals surface area contributed by atoms with Crippen LogP contribution in [0.2, 0.25) is 36.3 Å². The Balaban J connectivity index is 1.46. The highest BCUT2D eigenvalue weighted by molar-refractivity contribution is 6.74. The van der Waals surface area contributed by atoms with Gasteiger partial charge in [-0.05, 0) is 131 Å². The second kappa shape index (κ2) is 13.5. The number of hydrogen-bond donors (Lipinski definition) is 1. The lowest BCUT2D eigenvalue weighted by atomic mass is 9.40. The fourth-order valence-electron chi connectivity index (χ4n) is 12.2. The first kappa shape index (κ1) is 43.1. The Morgan fingerprint density at radius 2 is 1.42 bits per heavy atom. The number of allylic oxidation sites excluding steroid dienone is 2. The van der Waals surface area contributed by atoms with Crippen LogP contribution in [0, 0.1) is 28.6 Å². The number of para-hydroxylation sites is 1. The molecule has 2 bridgehead atoms. The summed E-state index contributed by atoms with van der Waals surface area (Å²) < 4.78 is 27.1. The van der Waals surface area contributed by atoms with E-state index in [1.807, 2.05) is 53.5 Å². The molecule has 0 radical (unpaired) electrons. The van der Waals surface area contributed by atoms with Crippen LogP contribution in [0.3, 0.4) is 0 Å². The van der Waals surface area contributed by atoms with E-state index >= 15 is 9.59 Å². The lowest BCUT2D eigenvalue weighted by Crippen LogP contribution is -2.80. The van der Waals surface area contributed by atoms with Gasteiger partial charge in [0, 0.05) is 18.4 Å². The minimum atomic E-state index is -2.35. The van der Waals surface area contributed by atoms with Crippen LogP contribution in [0.5, 0.6) is 0 Å². The molecule has 9 nitrogen and oxygen atoms in total. The molecule has 57 heavy (non-hydrogen) atoms. The van der Waals surface area contributed by atoms with Crippen molar-refractivity contribution in [2.45, 2.75) is 192 Å². The first-order valence-electron chi connectivity index (χ1n) is 22.0. The van der Waals surface area contributed by atoms with Crippen LogP contribution in [-0.2, 0) is 24.7 Å². The molecule has 0 amide bonds. The topological polar surface area (TPSA) is 96.8 Å². The summed E-state index contributed by atoms with van der Waals surface area (Å²) in [4.78, 5) is 31.0. The van der Waals surface area contributed by atoms with Crippen molar-refractivity contribution in [3.05, 3.63) is 63.5 Å². The second-order valence-electron chi connectivity index (χ2n) is 23.1. The van der Waals surface area contributed by atoms with Gasteiger partial charge >= 0.3 is 11.4 Å². The van der Waals surface area contributed by atoms with E-state index in [0.29, 0.717) is 25.1 Å². The predicted molar refractivity (Wildman–Crippen MR) is 234 cm³/mol. The largest absolute Gasteiger partial charge is 0.414 e. The Kier molecular flexibility index (Phi) is 10.2. The fraction of sp³-hybridized carbons (Fsp3) is 0.783. The maximum atomic E-state index is 15.5. The van der Waals surface area contributed by atoms with Crippen molar-refractivity contribution in [2.75, 3.05) is 6.61 Å². The van der Waals surface area contributed by atoms with E-state index in [1.165, 1.54) is 4.57 Å². The lowest BCUT2D eigenvalue weighted by molar-refractivity contribution is -0.235. The number of hydrogen-bond acceptors (Lipinski definition) is 6. The van der Waals surface area contributed by atoms with Gasteiger partial charge in [-0.25, -0.2) is 23.5 Å². The number of aliphatic hydroxyl groups is 1. The van der Waals surface area contributed by atoms with Crippen LogP contribution in [-0.4, -0.2) is 66.2 Å². The predicted octanol–water partition coefficient (Wildman–Crippen LogP) is 9.36. The van der Waals surface area contributed by atoms with Crippen LogP contribution in [0.25, 0.3) is 5.69 Å². The minimum absolute atomic E-state index is 0.00287. The molecular formula is C46H75N3O6Si2. The second-order valence-corrected chi connectivity index (χ2v) is 32.6. The van der Waals surface area contributed by atoms with Crippen molar-refractivity contribution in [1.29, 1.82) is 0 Å². The molecule has 6 aliphatic rings. The molecule has 10 atom stereocenters. The van der Waals surface area contributed by atoms with Crippen molar-refractivity contribution in [2.24, 2.45) is 28.6 Å². The minimum Gasteiger partial charge on any atom is -0.414 e. The van der Waals surface area contributed by atoms with E-state index in [4.69, 9.17) is 13.6 Å². The summed E-state index contributed by atoms with van der Waals surface area (Å²) in [6.45, 7) is 34.4. The molecule has 8 rings (SSSR count). The molecule has 3 fully saturated rings. The quantitative estimate of drug-likeness (QED) is 0.190. The summed E-state index contributed by atoms with van der Waals surface area (Å²) in [7, 11) is -4.60. The number of benzene rings is 1. The Morgan fingerprint density at radius 3 is 2.02 bits per heavy atom. The Hall–Kier alpha value is -2.03. The van der Waals surface area contributed by atoms with Crippen molar-refractivity contribution < 1.29 is 18.7 Å². The number of nitrogens with zero attached hydrogens (tertiary/aromatic N) is 3. The van der Waals surface area contributed by atoms with Crippen molar-refractivity contribution in [1.82, 2.24) is 13.9 Å². The zero-order valence-electron chi connectivity index (χ0n) is 38.0. The first-order chi connectivity index (χ1) is 26.1. The summed E-state index contributed by atoms with van der Waals surface area (Å²) >= 11 is 0. The number of ether oxygens (including phenoxy) is 1. The molecule has 3 saturated carbocycles. The van der Waals surface area contributed by atoms with E-state index in [-0.39, 0.29) is 62.9 Å². The molecule has 2 aliphatic heterocycles. The smallest absolute Gasteiger partial charge is 0.352 e. The third-order valence-electron chi connectivity index (χ3n) is 17.3. The summed E-state index contributed by atoms with van der Waals surface area (Å²) in [6.07, 6.45) is 10.3. The molecule has 0 unspecified atom stereocenters. The lowest BCUT2D eigenvalue weighted by Gasteiger charge is -2.73. The maximum Gasteiger partial charge on any atom is 0.352 e. The monoisotopic (exact) mass is 822 g/mol. The third kappa shape index (κ3) is 6.23. The molecule has 318 valence electrons. The normalized spacial score (nSPS) is 35.8. The van der Waals surface area contributed by atoms with Gasteiger partial charge in [-0.3, -0.25) is 0 Å². The third-order valence-corrected chi connectivity index (χ3v) is 26.4. The van der Waals surface area contributed by atoms with Crippen molar-refractivity contribution >= 4 is 16.6 Å². The first-order valence-corrected chi connectivity index (χ1v) is 27.8. The SMILES string of the molecule is C[C@H](OCCC(C)(C)O)[C@H]1CC[C@@H]2[C@]1(C)CC[C@H]1[C@]23C=C[C@]2(C[C@@H](O[Si](C)(C)C(C)(C)C)C[C@H](O[Si](C)(C)C(C)(C)C)[C@]12C)n1c(=O)n(-c2ccccc2)c(=O)n13. The molecule has 11 heteroatoms. The summed E-state index contributed by atoms with van der Waals surface area (Å²) in [5.74, 6) is 0.435. The van der Waals surface area contributed by atoms with Crippen LogP contribution in [0.4, 0.5) is 0 Å². The van der Waals surface area contributed by atoms with Crippen LogP contribution in [0.1, 0.15) is 121 Å². The zero-order valence-corrected chi connectivity index (χ0v) is 40.0. The van der Waals surface area contributed by atoms with Gasteiger partial charge in [0.25, 0.3) is 0 Å². The molecule has 4 aliphatic carbocycles. The van der Waals surface area contributed by atoms with E-state index in [9.17, 15) is 5.11 Å². The van der Waals surface area contributed by atoms with E-state index < -0.39 is 38.7 Å². The molecule has 1 aromatic heterocycles. The van der Waals surface area contributed by atoms with E-state index in [0.717, 1.165) is 32.1 Å². The van der Waals surface area contributed by atoms with Gasteiger partial charge < -0.3 is 18.7 Å². The standard InChI is InChI=1S/C46H75N3O6Si2/c1-31(53-28-27-42(8,9)52)34-21-22-35-43(34,10)24-23-36-44(11)37(55-57(14,15)41(5,6)7)29-33(54-56(12,13)40(2,3)4)30-45(44)25-26-46(35,36)49-39(51)47(38(50)48(45)49)32-19-17-16-18-20-32/h16-20,25-26,31,33-37,52H,21-24,27-30H2,1-15H3/t31-,33-,34+,35+,36+,37-,43+,44-,45+,46-/m0/s1. The van der Waals surface area contributed by atoms with E-state index in [2.05, 4.69) is 101 Å². The van der Waals surface area contributed by atoms with Gasteiger partial charge in [-0.15, -0.1) is 0 Å². The van der Waals surface area contributed by atoms with Gasteiger partial charge in [0.1, 0.15) is 0 Å². The molecule has 2 aromatic rings. The summed E-state index contributed by atoms with van der Waals surface area (Å²) in [5, 5.41) is 10.4. The molecule has 2 spiro atoms. The van der Waals surface area contributed by atoms with Crippen LogP contribution >= 0.6 is 0 Å². The number of aromatic nitrogens is 3. The molecule has 1 N–H and O–H groups in total. The maximum absolute atomic E-state index is 15.5. The Labute approximate surface area is 344 Å². The number of fused-ring (bicyclic) bond motifs is 1. The fourth-order valence-corrected chi connectivity index (χ4v) is 15.0. The molecule has 0 saturated heterocycles. The van der Waals surface area contributed by atoms with Gasteiger partial charge in [-0.2, -0.15) is 0 Å². The van der Waals surface area contributed by atoms with Gasteiger partial charge in [0.15, 0.2) is 16.6 Å². The highest BCUT2D eigenvalue weighted by Gasteiger charge is 2.77. The zero-order chi connectivity index (χ0) is 42.2. The van der Waals surface area contributed by atoms with Gasteiger partial charge in [0.2, 0.25) is 0 Å². The summed E-state index contributed by atoms with van der Waals surface area (Å²) in [5.41, 5.74) is -2.93.